The SMILES string of the molecule is c1ccc(-c2ccc(-c3nc(-c4cccc(-c5ccc6c(c5)C5(CCCCC5)c5ccccc5O6)c4)nc4ccccc34)cc2)cc1. The molecule has 9 rings (SSSR count). The second-order valence-corrected chi connectivity index (χ2v) is 12.9. The van der Waals surface area contributed by atoms with Crippen molar-refractivity contribution < 1.29 is 4.74 Å². The van der Waals surface area contributed by atoms with Crippen LogP contribution in [-0.4, -0.2) is 9.97 Å². The molecule has 0 atom stereocenters. The third-order valence-electron chi connectivity index (χ3n) is 10.1. The fourth-order valence-electron chi connectivity index (χ4n) is 7.80. The van der Waals surface area contributed by atoms with Crippen molar-refractivity contribution in [2.45, 2.75) is 37.5 Å². The molecule has 3 heteroatoms. The van der Waals surface area contributed by atoms with Gasteiger partial charge in [0.15, 0.2) is 5.82 Å². The first-order chi connectivity index (χ1) is 23.2. The van der Waals surface area contributed by atoms with Crippen molar-refractivity contribution in [1.82, 2.24) is 9.97 Å². The normalized spacial score (nSPS) is 14.7. The van der Waals surface area contributed by atoms with Gasteiger partial charge in [0.2, 0.25) is 0 Å². The maximum absolute atomic E-state index is 6.50. The fourth-order valence-corrected chi connectivity index (χ4v) is 7.80. The molecule has 0 amide bonds. The molecule has 2 aliphatic rings. The van der Waals surface area contributed by atoms with Crippen molar-refractivity contribution in [2.75, 3.05) is 0 Å². The zero-order valence-electron chi connectivity index (χ0n) is 26.2. The number of ether oxygens (including phenoxy) is 1. The quantitative estimate of drug-likeness (QED) is 0.200. The number of benzene rings is 6. The average molecular weight is 607 g/mol. The highest BCUT2D eigenvalue weighted by Gasteiger charge is 2.42. The Labute approximate surface area is 275 Å². The molecule has 1 spiro atoms. The van der Waals surface area contributed by atoms with Crippen LogP contribution in [0.2, 0.25) is 0 Å². The lowest BCUT2D eigenvalue weighted by Gasteiger charge is -2.43. The molecule has 226 valence electrons. The van der Waals surface area contributed by atoms with Gasteiger partial charge in [0, 0.05) is 33.1 Å². The molecule has 1 aliphatic heterocycles. The minimum Gasteiger partial charge on any atom is -0.457 e. The number of nitrogens with zero attached hydrogens (tertiary/aromatic N) is 2. The van der Waals surface area contributed by atoms with Crippen molar-refractivity contribution >= 4 is 10.9 Å². The number of hydrogen-bond donors (Lipinski definition) is 0. The number of hydrogen-bond acceptors (Lipinski definition) is 3. The molecule has 47 heavy (non-hydrogen) atoms. The molecule has 0 N–H and O–H groups in total. The minimum atomic E-state index is 0.00245. The highest BCUT2D eigenvalue weighted by Crippen LogP contribution is 2.55. The van der Waals surface area contributed by atoms with Gasteiger partial charge >= 0.3 is 0 Å². The Hall–Kier alpha value is -5.54. The summed E-state index contributed by atoms with van der Waals surface area (Å²) in [5.74, 6) is 2.73. The Kier molecular flexibility index (Phi) is 6.71. The van der Waals surface area contributed by atoms with Crippen LogP contribution < -0.4 is 4.74 Å². The number of aromatic nitrogens is 2. The fraction of sp³-hybridized carbons (Fsp3) is 0.136. The van der Waals surface area contributed by atoms with Crippen LogP contribution in [0.3, 0.4) is 0 Å². The van der Waals surface area contributed by atoms with Crippen molar-refractivity contribution in [3.05, 3.63) is 157 Å². The summed E-state index contributed by atoms with van der Waals surface area (Å²) in [6, 6.07) is 51.6. The molecule has 1 aromatic heterocycles. The zero-order valence-corrected chi connectivity index (χ0v) is 26.2. The molecule has 1 aliphatic carbocycles. The van der Waals surface area contributed by atoms with Crippen LogP contribution in [0.15, 0.2) is 146 Å². The second-order valence-electron chi connectivity index (χ2n) is 12.9. The van der Waals surface area contributed by atoms with E-state index in [9.17, 15) is 0 Å². The third-order valence-corrected chi connectivity index (χ3v) is 10.1. The van der Waals surface area contributed by atoms with Gasteiger partial charge in [-0.1, -0.05) is 135 Å². The van der Waals surface area contributed by atoms with Crippen LogP contribution in [0.5, 0.6) is 11.5 Å². The first-order valence-corrected chi connectivity index (χ1v) is 16.7. The minimum absolute atomic E-state index is 0.00245. The number of fused-ring (bicyclic) bond motifs is 5. The van der Waals surface area contributed by atoms with Crippen LogP contribution >= 0.6 is 0 Å². The van der Waals surface area contributed by atoms with Gasteiger partial charge in [0.1, 0.15) is 11.5 Å². The van der Waals surface area contributed by atoms with Crippen LogP contribution in [-0.2, 0) is 5.41 Å². The summed E-state index contributed by atoms with van der Waals surface area (Å²) in [6.07, 6.45) is 6.09. The maximum atomic E-state index is 6.50. The summed E-state index contributed by atoms with van der Waals surface area (Å²) >= 11 is 0. The zero-order chi connectivity index (χ0) is 31.2. The summed E-state index contributed by atoms with van der Waals surface area (Å²) in [7, 11) is 0. The van der Waals surface area contributed by atoms with E-state index in [0.717, 1.165) is 63.5 Å². The van der Waals surface area contributed by atoms with E-state index in [0.29, 0.717) is 0 Å². The first kappa shape index (κ1) is 27.7. The first-order valence-electron chi connectivity index (χ1n) is 16.7. The Balaban J connectivity index is 1.12. The molecule has 2 heterocycles. The van der Waals surface area contributed by atoms with E-state index in [1.165, 1.54) is 47.1 Å². The largest absolute Gasteiger partial charge is 0.457 e. The van der Waals surface area contributed by atoms with Gasteiger partial charge in [-0.25, -0.2) is 9.97 Å². The molecule has 1 saturated carbocycles. The lowest BCUT2D eigenvalue weighted by molar-refractivity contribution is 0.306. The maximum Gasteiger partial charge on any atom is 0.160 e. The Morgan fingerprint density at radius 2 is 1.09 bits per heavy atom. The van der Waals surface area contributed by atoms with Gasteiger partial charge in [0.05, 0.1) is 11.2 Å². The predicted octanol–water partition coefficient (Wildman–Crippen LogP) is 11.7. The highest BCUT2D eigenvalue weighted by atomic mass is 16.5. The van der Waals surface area contributed by atoms with Gasteiger partial charge in [-0.15, -0.1) is 0 Å². The van der Waals surface area contributed by atoms with Crippen LogP contribution in [0, 0.1) is 0 Å². The smallest absolute Gasteiger partial charge is 0.160 e. The van der Waals surface area contributed by atoms with Crippen molar-refractivity contribution in [3.63, 3.8) is 0 Å². The lowest BCUT2D eigenvalue weighted by atomic mass is 9.63. The van der Waals surface area contributed by atoms with Crippen LogP contribution in [0.4, 0.5) is 0 Å². The van der Waals surface area contributed by atoms with Crippen LogP contribution in [0.25, 0.3) is 55.8 Å². The average Bonchev–Trinajstić information content (AvgIpc) is 3.15. The van der Waals surface area contributed by atoms with Crippen molar-refractivity contribution in [1.29, 1.82) is 0 Å². The number of para-hydroxylation sites is 2. The number of rotatable bonds is 4. The van der Waals surface area contributed by atoms with E-state index in [2.05, 4.69) is 133 Å². The molecule has 0 saturated heterocycles. The monoisotopic (exact) mass is 606 g/mol. The standard InChI is InChI=1S/C44H34N2O/c1-3-12-30(13-4-1)31-20-22-32(23-21-31)42-36-16-5-7-18-39(36)45-43(46-42)35-15-11-14-33(28-35)34-24-25-41-38(29-34)44(26-9-2-10-27-44)37-17-6-8-19-40(37)47-41/h1,3-8,11-25,28-29H,2,9-10,26-27H2. The summed E-state index contributed by atoms with van der Waals surface area (Å²) in [5, 5.41) is 1.05. The molecule has 1 fully saturated rings. The van der Waals surface area contributed by atoms with E-state index in [1.807, 2.05) is 12.1 Å². The van der Waals surface area contributed by atoms with E-state index < -0.39 is 0 Å². The van der Waals surface area contributed by atoms with E-state index in [4.69, 9.17) is 14.7 Å². The van der Waals surface area contributed by atoms with Crippen LogP contribution in [0.1, 0.15) is 43.2 Å². The van der Waals surface area contributed by atoms with Gasteiger partial charge in [0.25, 0.3) is 0 Å². The molecule has 3 nitrogen and oxygen atoms in total. The Bertz CT molecular complexity index is 2250. The van der Waals surface area contributed by atoms with Crippen molar-refractivity contribution in [3.8, 4) is 56.4 Å². The Morgan fingerprint density at radius 3 is 1.96 bits per heavy atom. The summed E-state index contributed by atoms with van der Waals surface area (Å²) in [4.78, 5) is 10.3. The molecular formula is C44H34N2O. The molecule has 0 unspecified atom stereocenters. The van der Waals surface area contributed by atoms with Gasteiger partial charge < -0.3 is 4.74 Å². The lowest BCUT2D eigenvalue weighted by Crippen LogP contribution is -2.33. The van der Waals surface area contributed by atoms with Crippen molar-refractivity contribution in [2.24, 2.45) is 0 Å². The molecular weight excluding hydrogens is 572 g/mol. The summed E-state index contributed by atoms with van der Waals surface area (Å²) in [6.45, 7) is 0. The van der Waals surface area contributed by atoms with Gasteiger partial charge in [-0.2, -0.15) is 0 Å². The highest BCUT2D eigenvalue weighted by molar-refractivity contribution is 5.94. The van der Waals surface area contributed by atoms with Gasteiger partial charge in [-0.05, 0) is 65.4 Å². The van der Waals surface area contributed by atoms with E-state index in [-0.39, 0.29) is 5.41 Å². The predicted molar refractivity (Wildman–Crippen MR) is 192 cm³/mol. The topological polar surface area (TPSA) is 35.0 Å². The Morgan fingerprint density at radius 1 is 0.447 bits per heavy atom. The van der Waals surface area contributed by atoms with E-state index >= 15 is 0 Å². The van der Waals surface area contributed by atoms with Gasteiger partial charge in [-0.3, -0.25) is 0 Å². The van der Waals surface area contributed by atoms with E-state index in [1.54, 1.807) is 0 Å². The third kappa shape index (κ3) is 4.82. The molecule has 0 bridgehead atoms. The molecule has 0 radical (unpaired) electrons. The molecule has 7 aromatic rings. The second kappa shape index (κ2) is 11.4. The summed E-state index contributed by atoms with van der Waals surface area (Å²) in [5.41, 5.74) is 11.4. The molecule has 6 aromatic carbocycles. The summed E-state index contributed by atoms with van der Waals surface area (Å²) < 4.78 is 6.50.